The largest absolute Gasteiger partial charge is 0.379 e. The fourth-order valence-corrected chi connectivity index (χ4v) is 3.09. The lowest BCUT2D eigenvalue weighted by atomic mass is 10.1. The first-order valence-electron chi connectivity index (χ1n) is 8.94. The SMILES string of the molecule is O=C(Nc1ccccc1CN1CCOCC1)c1ccc(-n2cnnc2)cc1. The van der Waals surface area contributed by atoms with Crippen molar-refractivity contribution in [2.24, 2.45) is 0 Å². The molecule has 4 rings (SSSR count). The Hall–Kier alpha value is -3.03. The Kier molecular flexibility index (Phi) is 5.22. The smallest absolute Gasteiger partial charge is 0.255 e. The van der Waals surface area contributed by atoms with Crippen molar-refractivity contribution in [2.45, 2.75) is 6.54 Å². The number of anilines is 1. The molecule has 0 saturated carbocycles. The van der Waals surface area contributed by atoms with Crippen LogP contribution in [0.3, 0.4) is 0 Å². The van der Waals surface area contributed by atoms with Gasteiger partial charge in [-0.05, 0) is 35.9 Å². The number of hydrogen-bond donors (Lipinski definition) is 1. The van der Waals surface area contributed by atoms with Gasteiger partial charge in [0.25, 0.3) is 5.91 Å². The quantitative estimate of drug-likeness (QED) is 0.753. The standard InChI is InChI=1S/C20H21N5O2/c26-20(16-5-7-18(8-6-16)25-14-21-22-15-25)23-19-4-2-1-3-17(19)13-24-9-11-27-12-10-24/h1-8,14-15H,9-13H2,(H,23,26). The van der Waals surface area contributed by atoms with Gasteiger partial charge in [0.15, 0.2) is 0 Å². The highest BCUT2D eigenvalue weighted by molar-refractivity contribution is 6.04. The van der Waals surface area contributed by atoms with Crippen LogP contribution in [0.1, 0.15) is 15.9 Å². The van der Waals surface area contributed by atoms with Gasteiger partial charge >= 0.3 is 0 Å². The van der Waals surface area contributed by atoms with Crippen molar-refractivity contribution < 1.29 is 9.53 Å². The van der Waals surface area contributed by atoms with E-state index in [9.17, 15) is 4.79 Å². The van der Waals surface area contributed by atoms with Gasteiger partial charge < -0.3 is 10.1 Å². The van der Waals surface area contributed by atoms with E-state index in [4.69, 9.17) is 4.74 Å². The number of benzene rings is 2. The van der Waals surface area contributed by atoms with E-state index >= 15 is 0 Å². The number of amides is 1. The summed E-state index contributed by atoms with van der Waals surface area (Å²) in [4.78, 5) is 15.0. The monoisotopic (exact) mass is 363 g/mol. The number of ether oxygens (including phenoxy) is 1. The molecule has 7 nitrogen and oxygen atoms in total. The molecule has 0 unspecified atom stereocenters. The van der Waals surface area contributed by atoms with Crippen LogP contribution in [0.25, 0.3) is 5.69 Å². The third-order valence-corrected chi connectivity index (χ3v) is 4.61. The lowest BCUT2D eigenvalue weighted by Gasteiger charge is -2.27. The zero-order valence-corrected chi connectivity index (χ0v) is 14.9. The van der Waals surface area contributed by atoms with Gasteiger partial charge in [0, 0.05) is 36.6 Å². The molecule has 0 aliphatic carbocycles. The average molecular weight is 363 g/mol. The molecule has 1 aliphatic heterocycles. The van der Waals surface area contributed by atoms with Crippen LogP contribution in [-0.4, -0.2) is 51.9 Å². The topological polar surface area (TPSA) is 72.3 Å². The summed E-state index contributed by atoms with van der Waals surface area (Å²) in [6, 6.07) is 15.3. The van der Waals surface area contributed by atoms with Gasteiger partial charge in [-0.25, -0.2) is 0 Å². The molecule has 0 radical (unpaired) electrons. The van der Waals surface area contributed by atoms with Crippen molar-refractivity contribution in [3.05, 3.63) is 72.3 Å². The van der Waals surface area contributed by atoms with Gasteiger partial charge in [0.05, 0.1) is 13.2 Å². The van der Waals surface area contributed by atoms with Crippen LogP contribution in [0.5, 0.6) is 0 Å². The van der Waals surface area contributed by atoms with E-state index in [1.54, 1.807) is 29.4 Å². The predicted octanol–water partition coefficient (Wildman–Crippen LogP) is 2.35. The Bertz CT molecular complexity index is 887. The van der Waals surface area contributed by atoms with Crippen LogP contribution in [0.4, 0.5) is 5.69 Å². The number of aromatic nitrogens is 3. The average Bonchev–Trinajstić information content (AvgIpc) is 3.25. The molecule has 2 aromatic carbocycles. The number of carbonyl (C=O) groups is 1. The Balaban J connectivity index is 1.46. The molecule has 1 aliphatic rings. The van der Waals surface area contributed by atoms with Crippen molar-refractivity contribution in [1.29, 1.82) is 0 Å². The van der Waals surface area contributed by atoms with E-state index in [0.29, 0.717) is 5.56 Å². The number of nitrogens with zero attached hydrogens (tertiary/aromatic N) is 4. The van der Waals surface area contributed by atoms with Crippen molar-refractivity contribution in [3.8, 4) is 5.69 Å². The zero-order chi connectivity index (χ0) is 18.5. The summed E-state index contributed by atoms with van der Waals surface area (Å²) in [6.07, 6.45) is 3.24. The highest BCUT2D eigenvalue weighted by atomic mass is 16.5. The predicted molar refractivity (Wildman–Crippen MR) is 102 cm³/mol. The van der Waals surface area contributed by atoms with Crippen LogP contribution in [-0.2, 0) is 11.3 Å². The van der Waals surface area contributed by atoms with Crippen LogP contribution in [0.2, 0.25) is 0 Å². The van der Waals surface area contributed by atoms with Gasteiger partial charge in [0.2, 0.25) is 0 Å². The fraction of sp³-hybridized carbons (Fsp3) is 0.250. The third-order valence-electron chi connectivity index (χ3n) is 4.61. The molecule has 0 atom stereocenters. The molecule has 138 valence electrons. The van der Waals surface area contributed by atoms with Crippen molar-refractivity contribution in [3.63, 3.8) is 0 Å². The lowest BCUT2D eigenvalue weighted by molar-refractivity contribution is 0.0342. The number of rotatable bonds is 5. The lowest BCUT2D eigenvalue weighted by Crippen LogP contribution is -2.35. The molecule has 0 bridgehead atoms. The summed E-state index contributed by atoms with van der Waals surface area (Å²) in [5.74, 6) is -0.125. The Morgan fingerprint density at radius 2 is 1.70 bits per heavy atom. The number of morpholine rings is 1. The first-order valence-corrected chi connectivity index (χ1v) is 8.94. The molecular weight excluding hydrogens is 342 g/mol. The zero-order valence-electron chi connectivity index (χ0n) is 14.9. The van der Waals surface area contributed by atoms with Crippen molar-refractivity contribution in [2.75, 3.05) is 31.6 Å². The Morgan fingerprint density at radius 3 is 2.44 bits per heavy atom. The molecule has 0 spiro atoms. The molecule has 1 fully saturated rings. The van der Waals surface area contributed by atoms with E-state index in [2.05, 4.69) is 26.5 Å². The molecule has 1 saturated heterocycles. The second kappa shape index (κ2) is 8.11. The summed E-state index contributed by atoms with van der Waals surface area (Å²) >= 11 is 0. The second-order valence-electron chi connectivity index (χ2n) is 6.42. The molecular formula is C20H21N5O2. The second-order valence-corrected chi connectivity index (χ2v) is 6.42. The Labute approximate surface area is 157 Å². The van der Waals surface area contributed by atoms with Crippen molar-refractivity contribution >= 4 is 11.6 Å². The summed E-state index contributed by atoms with van der Waals surface area (Å²) in [5.41, 5.74) is 3.46. The van der Waals surface area contributed by atoms with Gasteiger partial charge in [-0.2, -0.15) is 0 Å². The highest BCUT2D eigenvalue weighted by Crippen LogP contribution is 2.19. The highest BCUT2D eigenvalue weighted by Gasteiger charge is 2.14. The first-order chi connectivity index (χ1) is 13.3. The summed E-state index contributed by atoms with van der Waals surface area (Å²) < 4.78 is 7.20. The van der Waals surface area contributed by atoms with E-state index in [1.165, 1.54) is 0 Å². The summed E-state index contributed by atoms with van der Waals surface area (Å²) in [5, 5.41) is 10.6. The van der Waals surface area contributed by atoms with E-state index in [0.717, 1.165) is 49.8 Å². The molecule has 27 heavy (non-hydrogen) atoms. The van der Waals surface area contributed by atoms with Gasteiger partial charge in [0.1, 0.15) is 12.7 Å². The molecule has 1 N–H and O–H groups in total. The molecule has 7 heteroatoms. The molecule has 3 aromatic rings. The number of hydrogen-bond acceptors (Lipinski definition) is 5. The first kappa shape index (κ1) is 17.4. The van der Waals surface area contributed by atoms with Crippen LogP contribution >= 0.6 is 0 Å². The van der Waals surface area contributed by atoms with Crippen LogP contribution in [0.15, 0.2) is 61.2 Å². The Morgan fingerprint density at radius 1 is 1.00 bits per heavy atom. The summed E-state index contributed by atoms with van der Waals surface area (Å²) in [7, 11) is 0. The minimum Gasteiger partial charge on any atom is -0.379 e. The van der Waals surface area contributed by atoms with Gasteiger partial charge in [-0.3, -0.25) is 14.3 Å². The fourth-order valence-electron chi connectivity index (χ4n) is 3.09. The minimum atomic E-state index is -0.125. The number of nitrogens with one attached hydrogen (secondary N) is 1. The molecule has 2 heterocycles. The maximum atomic E-state index is 12.7. The van der Waals surface area contributed by atoms with Crippen LogP contribution in [0, 0.1) is 0 Å². The van der Waals surface area contributed by atoms with E-state index in [1.807, 2.05) is 30.3 Å². The maximum absolute atomic E-state index is 12.7. The van der Waals surface area contributed by atoms with Crippen molar-refractivity contribution in [1.82, 2.24) is 19.7 Å². The van der Waals surface area contributed by atoms with Gasteiger partial charge in [-0.1, -0.05) is 18.2 Å². The van der Waals surface area contributed by atoms with Gasteiger partial charge in [-0.15, -0.1) is 10.2 Å². The molecule has 1 aromatic heterocycles. The number of para-hydroxylation sites is 1. The van der Waals surface area contributed by atoms with E-state index < -0.39 is 0 Å². The minimum absolute atomic E-state index is 0.125. The van der Waals surface area contributed by atoms with E-state index in [-0.39, 0.29) is 5.91 Å². The van der Waals surface area contributed by atoms with Crippen LogP contribution < -0.4 is 5.32 Å². The third kappa shape index (κ3) is 4.21. The maximum Gasteiger partial charge on any atom is 0.255 e. The number of carbonyl (C=O) groups excluding carboxylic acids is 1. The molecule has 1 amide bonds. The normalized spacial score (nSPS) is 14.8. The summed E-state index contributed by atoms with van der Waals surface area (Å²) in [6.45, 7) is 4.13.